The van der Waals surface area contributed by atoms with E-state index < -0.39 is 6.61 Å². The smallest absolute Gasteiger partial charge is 0.387 e. The van der Waals surface area contributed by atoms with Crippen molar-refractivity contribution >= 4 is 11.8 Å². The van der Waals surface area contributed by atoms with Crippen LogP contribution in [0.4, 0.5) is 8.78 Å². The highest BCUT2D eigenvalue weighted by Gasteiger charge is 2.25. The van der Waals surface area contributed by atoms with Crippen LogP contribution in [0.5, 0.6) is 5.75 Å². The van der Waals surface area contributed by atoms with E-state index in [9.17, 15) is 18.4 Å². The Morgan fingerprint density at radius 2 is 1.69 bits per heavy atom. The molecule has 8 heteroatoms. The first-order chi connectivity index (χ1) is 12.5. The minimum absolute atomic E-state index is 0.0579. The molecule has 1 aliphatic heterocycles. The molecule has 1 aromatic heterocycles. The fourth-order valence-electron chi connectivity index (χ4n) is 2.80. The minimum atomic E-state index is -2.87. The number of rotatable bonds is 5. The van der Waals surface area contributed by atoms with Crippen molar-refractivity contribution in [2.45, 2.75) is 13.0 Å². The first-order valence-electron chi connectivity index (χ1n) is 8.16. The Morgan fingerprint density at radius 1 is 1.04 bits per heavy atom. The summed E-state index contributed by atoms with van der Waals surface area (Å²) >= 11 is 0. The zero-order valence-electron chi connectivity index (χ0n) is 13.9. The number of benzene rings is 1. The number of hydrogen-bond donors (Lipinski definition) is 0. The van der Waals surface area contributed by atoms with Crippen LogP contribution in [0, 0.1) is 0 Å². The molecule has 138 valence electrons. The molecular weight excluding hydrogens is 346 g/mol. The molecule has 0 N–H and O–H groups in total. The number of piperazine rings is 1. The highest BCUT2D eigenvalue weighted by molar-refractivity contribution is 5.94. The molecule has 1 aliphatic rings. The third-order valence-electron chi connectivity index (χ3n) is 4.19. The molecule has 0 radical (unpaired) electrons. The van der Waals surface area contributed by atoms with Crippen molar-refractivity contribution in [2.24, 2.45) is 0 Å². The van der Waals surface area contributed by atoms with E-state index in [1.807, 2.05) is 0 Å². The van der Waals surface area contributed by atoms with Crippen LogP contribution in [0.15, 0.2) is 47.3 Å². The monoisotopic (exact) mass is 364 g/mol. The number of ether oxygens (including phenoxy) is 1. The Morgan fingerprint density at radius 3 is 2.27 bits per heavy atom. The summed E-state index contributed by atoms with van der Waals surface area (Å²) in [4.78, 5) is 28.0. The van der Waals surface area contributed by atoms with Gasteiger partial charge in [-0.05, 0) is 23.8 Å². The molecule has 2 heterocycles. The van der Waals surface area contributed by atoms with Gasteiger partial charge in [-0.3, -0.25) is 9.59 Å². The van der Waals surface area contributed by atoms with Crippen LogP contribution in [0.3, 0.4) is 0 Å². The molecule has 2 aromatic rings. The van der Waals surface area contributed by atoms with Crippen molar-refractivity contribution in [1.82, 2.24) is 9.80 Å². The van der Waals surface area contributed by atoms with E-state index in [2.05, 4.69) is 4.74 Å². The number of carbonyl (C=O) groups excluding carboxylic acids is 2. The lowest BCUT2D eigenvalue weighted by Crippen LogP contribution is -2.50. The fourth-order valence-corrected chi connectivity index (χ4v) is 2.80. The van der Waals surface area contributed by atoms with E-state index in [4.69, 9.17) is 4.42 Å². The maximum absolute atomic E-state index is 12.4. The summed E-state index contributed by atoms with van der Waals surface area (Å²) in [5.41, 5.74) is 1.21. The van der Waals surface area contributed by atoms with E-state index in [1.54, 1.807) is 28.0 Å². The molecule has 26 heavy (non-hydrogen) atoms. The quantitative estimate of drug-likeness (QED) is 0.817. The maximum Gasteiger partial charge on any atom is 0.387 e. The second kappa shape index (κ2) is 7.99. The Kier molecular flexibility index (Phi) is 5.50. The summed E-state index contributed by atoms with van der Waals surface area (Å²) in [5, 5.41) is 0. The van der Waals surface area contributed by atoms with Gasteiger partial charge in [0.1, 0.15) is 12.0 Å². The lowest BCUT2D eigenvalue weighted by Gasteiger charge is -2.34. The van der Waals surface area contributed by atoms with Gasteiger partial charge in [-0.25, -0.2) is 0 Å². The van der Waals surface area contributed by atoms with E-state index in [0.29, 0.717) is 37.3 Å². The molecule has 6 nitrogen and oxygen atoms in total. The highest BCUT2D eigenvalue weighted by atomic mass is 19.3. The standard InChI is InChI=1S/C18H18F2N2O4/c19-18(20)26-15-3-1-13(2-4-15)11-16(23)21-6-8-22(9-7-21)17(24)14-5-10-25-12-14/h1-5,10,12,18H,6-9,11H2. The van der Waals surface area contributed by atoms with Gasteiger partial charge in [0.05, 0.1) is 18.2 Å². The molecular formula is C18H18F2N2O4. The van der Waals surface area contributed by atoms with E-state index in [-0.39, 0.29) is 24.0 Å². The summed E-state index contributed by atoms with van der Waals surface area (Å²) in [6.45, 7) is -1.05. The number of carbonyl (C=O) groups is 2. The Balaban J connectivity index is 1.50. The van der Waals surface area contributed by atoms with Gasteiger partial charge in [0.25, 0.3) is 5.91 Å². The largest absolute Gasteiger partial charge is 0.472 e. The van der Waals surface area contributed by atoms with Crippen LogP contribution >= 0.6 is 0 Å². The summed E-state index contributed by atoms with van der Waals surface area (Å²) in [6.07, 6.45) is 3.02. The van der Waals surface area contributed by atoms with Crippen molar-refractivity contribution in [2.75, 3.05) is 26.2 Å². The molecule has 0 saturated carbocycles. The van der Waals surface area contributed by atoms with Crippen molar-refractivity contribution < 1.29 is 27.5 Å². The molecule has 1 fully saturated rings. The van der Waals surface area contributed by atoms with E-state index >= 15 is 0 Å². The van der Waals surface area contributed by atoms with Gasteiger partial charge < -0.3 is 19.0 Å². The normalized spacial score (nSPS) is 14.6. The van der Waals surface area contributed by atoms with Crippen molar-refractivity contribution in [3.63, 3.8) is 0 Å². The van der Waals surface area contributed by atoms with Gasteiger partial charge in [-0.2, -0.15) is 8.78 Å². The first kappa shape index (κ1) is 17.9. The van der Waals surface area contributed by atoms with Crippen LogP contribution in [0.25, 0.3) is 0 Å². The van der Waals surface area contributed by atoms with Crippen molar-refractivity contribution in [3.8, 4) is 5.75 Å². The zero-order valence-corrected chi connectivity index (χ0v) is 13.9. The molecule has 0 bridgehead atoms. The van der Waals surface area contributed by atoms with Gasteiger partial charge >= 0.3 is 6.61 Å². The third kappa shape index (κ3) is 4.38. The number of halogens is 2. The van der Waals surface area contributed by atoms with E-state index in [1.165, 1.54) is 24.7 Å². The number of hydrogen-bond acceptors (Lipinski definition) is 4. The van der Waals surface area contributed by atoms with Gasteiger partial charge in [-0.1, -0.05) is 12.1 Å². The van der Waals surface area contributed by atoms with Crippen LogP contribution in [-0.2, 0) is 11.2 Å². The SMILES string of the molecule is O=C(Cc1ccc(OC(F)F)cc1)N1CCN(C(=O)c2ccoc2)CC1. The first-order valence-corrected chi connectivity index (χ1v) is 8.16. The fraction of sp³-hybridized carbons (Fsp3) is 0.333. The molecule has 0 aliphatic carbocycles. The molecule has 1 saturated heterocycles. The number of nitrogens with zero attached hydrogens (tertiary/aromatic N) is 2. The lowest BCUT2D eigenvalue weighted by atomic mass is 10.1. The van der Waals surface area contributed by atoms with Crippen LogP contribution in [-0.4, -0.2) is 54.4 Å². The summed E-state index contributed by atoms with van der Waals surface area (Å²) in [5.74, 6) is -0.119. The predicted molar refractivity (Wildman–Crippen MR) is 88.0 cm³/mol. The highest BCUT2D eigenvalue weighted by Crippen LogP contribution is 2.16. The average Bonchev–Trinajstić information content (AvgIpc) is 3.17. The number of alkyl halides is 2. The van der Waals surface area contributed by atoms with Crippen molar-refractivity contribution in [3.05, 3.63) is 54.0 Å². The average molecular weight is 364 g/mol. The van der Waals surface area contributed by atoms with Crippen LogP contribution < -0.4 is 4.74 Å². The number of furan rings is 1. The third-order valence-corrected chi connectivity index (χ3v) is 4.19. The minimum Gasteiger partial charge on any atom is -0.472 e. The lowest BCUT2D eigenvalue weighted by molar-refractivity contribution is -0.131. The maximum atomic E-state index is 12.4. The Hall–Kier alpha value is -2.90. The summed E-state index contributed by atoms with van der Waals surface area (Å²) < 4.78 is 33.5. The van der Waals surface area contributed by atoms with Gasteiger partial charge in [0.2, 0.25) is 5.91 Å². The summed E-state index contributed by atoms with van der Waals surface area (Å²) in [6, 6.07) is 7.62. The van der Waals surface area contributed by atoms with Crippen LogP contribution in [0.1, 0.15) is 15.9 Å². The Labute approximate surface area is 148 Å². The van der Waals surface area contributed by atoms with Crippen molar-refractivity contribution in [1.29, 1.82) is 0 Å². The molecule has 0 unspecified atom stereocenters. The van der Waals surface area contributed by atoms with Gasteiger partial charge in [0.15, 0.2) is 0 Å². The topological polar surface area (TPSA) is 63.0 Å². The number of amides is 2. The second-order valence-corrected chi connectivity index (χ2v) is 5.88. The van der Waals surface area contributed by atoms with Gasteiger partial charge in [0, 0.05) is 26.2 Å². The molecule has 0 atom stereocenters. The molecule has 0 spiro atoms. The zero-order chi connectivity index (χ0) is 18.5. The molecule has 2 amide bonds. The second-order valence-electron chi connectivity index (χ2n) is 5.88. The van der Waals surface area contributed by atoms with E-state index in [0.717, 1.165) is 0 Å². The van der Waals surface area contributed by atoms with Gasteiger partial charge in [-0.15, -0.1) is 0 Å². The molecule has 3 rings (SSSR count). The Bertz CT molecular complexity index is 739. The molecule has 1 aromatic carbocycles. The van der Waals surface area contributed by atoms with Crippen LogP contribution in [0.2, 0.25) is 0 Å². The predicted octanol–water partition coefficient (Wildman–Crippen LogP) is 2.41. The summed E-state index contributed by atoms with van der Waals surface area (Å²) in [7, 11) is 0.